The zero-order valence-corrected chi connectivity index (χ0v) is 15.3. The van der Waals surface area contributed by atoms with E-state index in [1.165, 1.54) is 0 Å². The summed E-state index contributed by atoms with van der Waals surface area (Å²) in [6.45, 7) is 3.89. The van der Waals surface area contributed by atoms with Crippen LogP contribution in [0.5, 0.6) is 0 Å². The summed E-state index contributed by atoms with van der Waals surface area (Å²) in [6, 6.07) is -0.309. The maximum atomic E-state index is 12.7. The van der Waals surface area contributed by atoms with Crippen LogP contribution in [0.25, 0.3) is 0 Å². The molecular weight excluding hydrogens is 352 g/mol. The number of anilines is 2. The molecular formula is C13H22N6O3S2. The Labute approximate surface area is 145 Å². The summed E-state index contributed by atoms with van der Waals surface area (Å²) in [5.41, 5.74) is 11.0. The van der Waals surface area contributed by atoms with Crippen molar-refractivity contribution >= 4 is 39.4 Å². The van der Waals surface area contributed by atoms with Crippen molar-refractivity contribution in [3.63, 3.8) is 0 Å². The Kier molecular flexibility index (Phi) is 5.86. The third-order valence-electron chi connectivity index (χ3n) is 3.93. The van der Waals surface area contributed by atoms with Gasteiger partial charge in [0, 0.05) is 12.1 Å². The average Bonchev–Trinajstić information content (AvgIpc) is 2.84. The Morgan fingerprint density at radius 1 is 1.33 bits per heavy atom. The van der Waals surface area contributed by atoms with Crippen LogP contribution in [-0.2, 0) is 14.6 Å². The van der Waals surface area contributed by atoms with Crippen molar-refractivity contribution < 1.29 is 13.2 Å². The molecule has 1 saturated heterocycles. The Balaban J connectivity index is 2.08. The van der Waals surface area contributed by atoms with Gasteiger partial charge in [0.25, 0.3) is 0 Å². The molecule has 0 spiro atoms. The van der Waals surface area contributed by atoms with Crippen LogP contribution in [0.15, 0.2) is 5.16 Å². The first-order chi connectivity index (χ1) is 11.2. The fourth-order valence-electron chi connectivity index (χ4n) is 2.65. The number of hydrogen-bond donors (Lipinski definition) is 2. The van der Waals surface area contributed by atoms with Gasteiger partial charge in [0.05, 0.1) is 17.3 Å². The van der Waals surface area contributed by atoms with Crippen molar-refractivity contribution in [1.29, 1.82) is 0 Å². The molecule has 24 heavy (non-hydrogen) atoms. The van der Waals surface area contributed by atoms with Crippen molar-refractivity contribution in [2.75, 3.05) is 28.7 Å². The van der Waals surface area contributed by atoms with Gasteiger partial charge in [-0.05, 0) is 19.8 Å². The molecule has 0 saturated carbocycles. The summed E-state index contributed by atoms with van der Waals surface area (Å²) < 4.78 is 23.5. The van der Waals surface area contributed by atoms with Gasteiger partial charge in [0.1, 0.15) is 0 Å². The van der Waals surface area contributed by atoms with E-state index in [4.69, 9.17) is 11.5 Å². The van der Waals surface area contributed by atoms with E-state index in [-0.39, 0.29) is 52.3 Å². The fourth-order valence-corrected chi connectivity index (χ4v) is 5.08. The van der Waals surface area contributed by atoms with Crippen LogP contribution in [0.1, 0.15) is 26.7 Å². The maximum absolute atomic E-state index is 12.7. The molecule has 1 fully saturated rings. The summed E-state index contributed by atoms with van der Waals surface area (Å²) >= 11 is 1.11. The maximum Gasteiger partial charge on any atom is 0.233 e. The Morgan fingerprint density at radius 3 is 2.46 bits per heavy atom. The second-order valence-corrected chi connectivity index (χ2v) is 8.91. The molecule has 1 aliphatic rings. The number of nitrogens with zero attached hydrogens (tertiary/aromatic N) is 4. The minimum absolute atomic E-state index is 0.00174. The quantitative estimate of drug-likeness (QED) is 0.654. The highest BCUT2D eigenvalue weighted by Crippen LogP contribution is 2.23. The Bertz CT molecular complexity index is 691. The summed E-state index contributed by atoms with van der Waals surface area (Å²) in [4.78, 5) is 25.9. The minimum atomic E-state index is -3.06. The molecule has 0 aliphatic carbocycles. The predicted octanol–water partition coefficient (Wildman–Crippen LogP) is -0.0577. The van der Waals surface area contributed by atoms with Gasteiger partial charge in [-0.2, -0.15) is 15.0 Å². The molecule has 0 unspecified atom stereocenters. The molecule has 0 radical (unpaired) electrons. The highest BCUT2D eigenvalue weighted by Gasteiger charge is 2.36. The van der Waals surface area contributed by atoms with Crippen molar-refractivity contribution in [2.45, 2.75) is 43.9 Å². The third kappa shape index (κ3) is 4.69. The third-order valence-corrected chi connectivity index (χ3v) is 6.51. The Hall–Kier alpha value is -1.62. The zero-order valence-electron chi connectivity index (χ0n) is 13.7. The number of aromatic nitrogens is 3. The summed E-state index contributed by atoms with van der Waals surface area (Å²) in [6.07, 6.45) is 1.23. The van der Waals surface area contributed by atoms with E-state index < -0.39 is 9.84 Å². The van der Waals surface area contributed by atoms with Crippen LogP contribution < -0.4 is 11.5 Å². The highest BCUT2D eigenvalue weighted by atomic mass is 32.2. The van der Waals surface area contributed by atoms with Crippen molar-refractivity contribution in [3.05, 3.63) is 0 Å². The lowest BCUT2D eigenvalue weighted by Gasteiger charge is -2.33. The van der Waals surface area contributed by atoms with Crippen LogP contribution in [0, 0.1) is 0 Å². The largest absolute Gasteiger partial charge is 0.368 e. The van der Waals surface area contributed by atoms with E-state index in [0.717, 1.165) is 18.2 Å². The fraction of sp³-hybridized carbons (Fsp3) is 0.692. The number of sulfone groups is 1. The van der Waals surface area contributed by atoms with Crippen LogP contribution in [0.3, 0.4) is 0 Å². The second-order valence-electron chi connectivity index (χ2n) is 5.74. The molecule has 9 nitrogen and oxygen atoms in total. The smallest absolute Gasteiger partial charge is 0.233 e. The van der Waals surface area contributed by atoms with E-state index in [9.17, 15) is 13.2 Å². The highest BCUT2D eigenvalue weighted by molar-refractivity contribution is 7.99. The molecule has 1 aromatic heterocycles. The van der Waals surface area contributed by atoms with Gasteiger partial charge in [-0.3, -0.25) is 4.79 Å². The number of thioether (sulfide) groups is 1. The lowest BCUT2D eigenvalue weighted by Crippen LogP contribution is -2.47. The number of carbonyl (C=O) groups excluding carboxylic acids is 1. The Morgan fingerprint density at radius 2 is 1.96 bits per heavy atom. The van der Waals surface area contributed by atoms with Gasteiger partial charge in [0.15, 0.2) is 15.0 Å². The van der Waals surface area contributed by atoms with Gasteiger partial charge >= 0.3 is 0 Å². The van der Waals surface area contributed by atoms with Crippen molar-refractivity contribution in [2.24, 2.45) is 0 Å². The molecule has 0 bridgehead atoms. The lowest BCUT2D eigenvalue weighted by atomic mass is 10.1. The second kappa shape index (κ2) is 7.51. The van der Waals surface area contributed by atoms with Crippen LogP contribution >= 0.6 is 11.8 Å². The molecule has 4 N–H and O–H groups in total. The van der Waals surface area contributed by atoms with E-state index in [1.807, 2.05) is 13.8 Å². The minimum Gasteiger partial charge on any atom is -0.368 e. The van der Waals surface area contributed by atoms with Gasteiger partial charge < -0.3 is 16.4 Å². The van der Waals surface area contributed by atoms with E-state index in [1.54, 1.807) is 4.90 Å². The van der Waals surface area contributed by atoms with Crippen LogP contribution in [0.4, 0.5) is 11.9 Å². The normalized spacial score (nSPS) is 20.7. The summed E-state index contributed by atoms with van der Waals surface area (Å²) in [5.74, 6) is 0.0969. The molecule has 11 heteroatoms. The van der Waals surface area contributed by atoms with E-state index >= 15 is 0 Å². The molecule has 1 amide bonds. The number of carbonyl (C=O) groups is 1. The lowest BCUT2D eigenvalue weighted by molar-refractivity contribution is -0.132. The average molecular weight is 374 g/mol. The first kappa shape index (κ1) is 18.7. The predicted molar refractivity (Wildman–Crippen MR) is 93.0 cm³/mol. The van der Waals surface area contributed by atoms with Crippen LogP contribution in [0.2, 0.25) is 0 Å². The number of nitrogen functional groups attached to an aromatic ring is 2. The van der Waals surface area contributed by atoms with Crippen molar-refractivity contribution in [1.82, 2.24) is 19.9 Å². The number of hydrogen-bond acceptors (Lipinski definition) is 9. The van der Waals surface area contributed by atoms with Crippen molar-refractivity contribution in [3.8, 4) is 0 Å². The SMILES string of the molecule is CC[C@H](C)N(C(=O)CSc1nc(N)nc(N)n1)[C@@H]1CCS(=O)(=O)C1. The first-order valence-corrected chi connectivity index (χ1v) is 10.4. The van der Waals surface area contributed by atoms with E-state index in [2.05, 4.69) is 15.0 Å². The van der Waals surface area contributed by atoms with Gasteiger partial charge in [-0.25, -0.2) is 8.42 Å². The molecule has 1 aliphatic heterocycles. The standard InChI is InChI=1S/C13H22N6O3S2/c1-3-8(2)19(9-4-5-24(21,22)7-9)10(20)6-23-13-17-11(14)16-12(15)18-13/h8-9H,3-7H2,1-2H3,(H4,14,15,16,17,18)/t8-,9+/m0/s1. The van der Waals surface area contributed by atoms with Crippen LogP contribution in [-0.4, -0.2) is 63.5 Å². The molecule has 2 heterocycles. The van der Waals surface area contributed by atoms with E-state index in [0.29, 0.717) is 6.42 Å². The molecule has 2 rings (SSSR count). The van der Waals surface area contributed by atoms with Gasteiger partial charge in [0.2, 0.25) is 17.8 Å². The summed E-state index contributed by atoms with van der Waals surface area (Å²) in [7, 11) is -3.06. The number of rotatable bonds is 6. The monoisotopic (exact) mass is 374 g/mol. The molecule has 134 valence electrons. The van der Waals surface area contributed by atoms with Gasteiger partial charge in [-0.1, -0.05) is 18.7 Å². The number of nitrogens with two attached hydrogens (primary N) is 2. The topological polar surface area (TPSA) is 145 Å². The number of amides is 1. The molecule has 1 aromatic rings. The van der Waals surface area contributed by atoms with Gasteiger partial charge in [-0.15, -0.1) is 0 Å². The zero-order chi connectivity index (χ0) is 17.9. The molecule has 0 aromatic carbocycles. The summed E-state index contributed by atoms with van der Waals surface area (Å²) in [5, 5.41) is 0.275. The first-order valence-electron chi connectivity index (χ1n) is 7.63. The molecule has 2 atom stereocenters.